The van der Waals surface area contributed by atoms with Crippen LogP contribution in [-0.4, -0.2) is 17.4 Å². The molecule has 0 bridgehead atoms. The zero-order valence-corrected chi connectivity index (χ0v) is 7.53. The van der Waals surface area contributed by atoms with Gasteiger partial charge in [-0.05, 0) is 0 Å². The van der Waals surface area contributed by atoms with Crippen LogP contribution < -0.4 is 0 Å². The number of hydrogen-bond donors (Lipinski definition) is 0. The normalized spacial score (nSPS) is 0. The molecule has 0 aliphatic rings. The zero-order chi connectivity index (χ0) is 0. The topological polar surface area (TPSA) is 0 Å². The largest absolute Gasteiger partial charge is 0.269 e. The fourth-order valence-corrected chi connectivity index (χ4v) is 0. The summed E-state index contributed by atoms with van der Waals surface area (Å²) in [6.45, 7) is 0. The number of halogens is 1. The summed E-state index contributed by atoms with van der Waals surface area (Å²) in [6.07, 6.45) is 0. The van der Waals surface area contributed by atoms with Crippen molar-refractivity contribution in [3.63, 3.8) is 0 Å². The van der Waals surface area contributed by atoms with Gasteiger partial charge in [-0.25, -0.2) is 0 Å². The molecule has 1 radical (unpaired) electrons. The monoisotopic (exact) mass is 281 g/mol. The van der Waals surface area contributed by atoms with Crippen molar-refractivity contribution in [3.05, 3.63) is 0 Å². The van der Waals surface area contributed by atoms with Gasteiger partial charge in [0.2, 0.25) is 0 Å². The second-order valence-electron chi connectivity index (χ2n) is 0. The molecule has 0 aromatic carbocycles. The van der Waals surface area contributed by atoms with E-state index in [0.717, 1.165) is 0 Å². The van der Waals surface area contributed by atoms with Crippen molar-refractivity contribution in [3.8, 4) is 0 Å². The maximum atomic E-state index is 0. The Balaban J connectivity index is 0. The van der Waals surface area contributed by atoms with Gasteiger partial charge in [0.1, 0.15) is 0 Å². The van der Waals surface area contributed by atoms with Gasteiger partial charge in [0.05, 0.1) is 0 Å². The van der Waals surface area contributed by atoms with Gasteiger partial charge in [-0.15, -0.1) is 0 Å². The Morgan fingerprint density at radius 1 is 1.00 bits per heavy atom. The van der Waals surface area contributed by atoms with Crippen LogP contribution in [0.5, 0.6) is 0 Å². The zero-order valence-electron chi connectivity index (χ0n) is 1.49. The molecular weight excluding hydrogens is 279 g/mol. The Bertz CT molecular complexity index is 8.00. The predicted molar refractivity (Wildman–Crippen MR) is 12.4 cm³/mol. The molecular formula is H4AlFNdY. The summed E-state index contributed by atoms with van der Waals surface area (Å²) in [5.74, 6) is 0. The van der Waals surface area contributed by atoms with Gasteiger partial charge in [-0.1, -0.05) is 0 Å². The fourth-order valence-electron chi connectivity index (χ4n) is 0. The molecule has 0 atom stereocenters. The van der Waals surface area contributed by atoms with Crippen LogP contribution in [0.4, 0.5) is 4.70 Å². The second-order valence-corrected chi connectivity index (χ2v) is 0. The SMILES string of the molecule is F.[AlH3].[Nd].[Y]. The Morgan fingerprint density at radius 2 is 1.00 bits per heavy atom. The first-order valence-electron chi connectivity index (χ1n) is 0. The fraction of sp³-hybridized carbons (Fsp3) is 0. The summed E-state index contributed by atoms with van der Waals surface area (Å²) in [6, 6.07) is 0. The molecule has 0 unspecified atom stereocenters. The first kappa shape index (κ1) is 28.5. The maximum absolute atomic E-state index is 0. The van der Waals surface area contributed by atoms with Crippen LogP contribution in [0.1, 0.15) is 0 Å². The molecule has 4 heteroatoms. The van der Waals surface area contributed by atoms with E-state index in [1.165, 1.54) is 0 Å². The second kappa shape index (κ2) is 16.8. The van der Waals surface area contributed by atoms with Crippen LogP contribution in [0.3, 0.4) is 0 Å². The van der Waals surface area contributed by atoms with Crippen LogP contribution in [0, 0.1) is 40.8 Å². The van der Waals surface area contributed by atoms with Gasteiger partial charge in [0.25, 0.3) is 0 Å². The van der Waals surface area contributed by atoms with Crippen molar-refractivity contribution in [2.24, 2.45) is 0 Å². The van der Waals surface area contributed by atoms with Crippen molar-refractivity contribution >= 4 is 17.4 Å². The van der Waals surface area contributed by atoms with Gasteiger partial charge in [0.15, 0.2) is 17.4 Å². The molecule has 0 heterocycles. The molecule has 0 amide bonds. The van der Waals surface area contributed by atoms with Gasteiger partial charge >= 0.3 is 0 Å². The molecule has 21 valence electrons. The summed E-state index contributed by atoms with van der Waals surface area (Å²) in [5, 5.41) is 0. The van der Waals surface area contributed by atoms with E-state index in [1.54, 1.807) is 0 Å². The Hall–Kier alpha value is 2.92. The molecule has 0 aliphatic heterocycles. The Kier molecular flexibility index (Phi) is 120. The first-order chi connectivity index (χ1) is 0. The summed E-state index contributed by atoms with van der Waals surface area (Å²) >= 11 is 0. The van der Waals surface area contributed by atoms with Gasteiger partial charge in [-0.2, -0.15) is 0 Å². The van der Waals surface area contributed by atoms with E-state index in [2.05, 4.69) is 0 Å². The quantitative estimate of drug-likeness (QED) is 0.499. The van der Waals surface area contributed by atoms with E-state index in [-0.39, 0.29) is 95.6 Å². The van der Waals surface area contributed by atoms with Gasteiger partial charge < -0.3 is 0 Å². The standard InChI is InChI=1S/Al.FH.Nd.Y.3H/h;1H;;;;;. The van der Waals surface area contributed by atoms with Gasteiger partial charge in [0, 0.05) is 73.5 Å². The predicted octanol–water partition coefficient (Wildman–Crippen LogP) is -1.03. The molecule has 0 aromatic rings. The molecule has 0 nitrogen and oxygen atoms in total. The Labute approximate surface area is 93.4 Å². The third-order valence-corrected chi connectivity index (χ3v) is 0. The maximum Gasteiger partial charge on any atom is 0.187 e. The molecule has 4 heavy (non-hydrogen) atoms. The first-order valence-corrected chi connectivity index (χ1v) is 0. The van der Waals surface area contributed by atoms with Gasteiger partial charge in [-0.3, -0.25) is 4.70 Å². The number of hydrogen-bond acceptors (Lipinski definition) is 0. The van der Waals surface area contributed by atoms with E-state index >= 15 is 0 Å². The van der Waals surface area contributed by atoms with E-state index in [4.69, 9.17) is 0 Å². The Morgan fingerprint density at radius 3 is 1.00 bits per heavy atom. The van der Waals surface area contributed by atoms with Crippen molar-refractivity contribution in [2.75, 3.05) is 0 Å². The third kappa shape index (κ3) is 8.87. The molecule has 0 rings (SSSR count). The van der Waals surface area contributed by atoms with E-state index < -0.39 is 0 Å². The van der Waals surface area contributed by atoms with Crippen LogP contribution in [0.25, 0.3) is 0 Å². The summed E-state index contributed by atoms with van der Waals surface area (Å²) in [5.41, 5.74) is 0. The average molecular weight is 283 g/mol. The summed E-state index contributed by atoms with van der Waals surface area (Å²) < 4.78 is 0. The van der Waals surface area contributed by atoms with Crippen molar-refractivity contribution in [2.45, 2.75) is 0 Å². The van der Waals surface area contributed by atoms with E-state index in [0.29, 0.717) is 0 Å². The van der Waals surface area contributed by atoms with Crippen LogP contribution in [-0.2, 0) is 32.7 Å². The van der Waals surface area contributed by atoms with E-state index in [9.17, 15) is 0 Å². The smallest absolute Gasteiger partial charge is 0.187 e. The molecule has 0 aromatic heterocycles. The number of rotatable bonds is 0. The van der Waals surface area contributed by atoms with E-state index in [1.807, 2.05) is 0 Å². The van der Waals surface area contributed by atoms with Crippen molar-refractivity contribution in [1.82, 2.24) is 0 Å². The summed E-state index contributed by atoms with van der Waals surface area (Å²) in [7, 11) is 0. The van der Waals surface area contributed by atoms with Crippen molar-refractivity contribution < 1.29 is 78.3 Å². The van der Waals surface area contributed by atoms with Crippen LogP contribution >= 0.6 is 0 Å². The molecule has 0 spiro atoms. The minimum Gasteiger partial charge on any atom is -0.269 e. The van der Waals surface area contributed by atoms with Crippen molar-refractivity contribution in [1.29, 1.82) is 0 Å². The molecule has 0 saturated heterocycles. The molecule has 0 fully saturated rings. The minimum absolute atomic E-state index is 0. The van der Waals surface area contributed by atoms with Crippen LogP contribution in [0.2, 0.25) is 0 Å². The molecule has 0 saturated carbocycles. The molecule has 0 N–H and O–H groups in total. The average Bonchev–Trinajstić information content (AvgIpc) is 0. The molecule has 0 aliphatic carbocycles. The third-order valence-electron chi connectivity index (χ3n) is 0. The minimum atomic E-state index is 0. The summed E-state index contributed by atoms with van der Waals surface area (Å²) in [4.78, 5) is 0. The van der Waals surface area contributed by atoms with Crippen LogP contribution in [0.15, 0.2) is 0 Å².